The molecule has 1 aromatic heterocycles. The molecule has 5 heteroatoms. The molecule has 0 saturated heterocycles. The molecule has 128 valence electrons. The van der Waals surface area contributed by atoms with E-state index in [0.717, 1.165) is 16.7 Å². The Morgan fingerprint density at radius 3 is 2.60 bits per heavy atom. The van der Waals surface area contributed by atoms with E-state index in [4.69, 9.17) is 4.42 Å². The van der Waals surface area contributed by atoms with Gasteiger partial charge in [-0.05, 0) is 30.3 Å². The predicted octanol–water partition coefficient (Wildman–Crippen LogP) is 3.71. The van der Waals surface area contributed by atoms with Gasteiger partial charge in [-0.3, -0.25) is 9.59 Å². The maximum absolute atomic E-state index is 12.2. The summed E-state index contributed by atoms with van der Waals surface area (Å²) in [5.41, 5.74) is 1.98. The zero-order chi connectivity index (χ0) is 17.8. The van der Waals surface area contributed by atoms with Crippen molar-refractivity contribution in [2.75, 3.05) is 19.4 Å². The van der Waals surface area contributed by atoms with E-state index < -0.39 is 0 Å². The first-order chi connectivity index (χ1) is 12.0. The largest absolute Gasteiger partial charge is 0.461 e. The smallest absolute Gasteiger partial charge is 0.253 e. The van der Waals surface area contributed by atoms with Crippen molar-refractivity contribution in [3.63, 3.8) is 0 Å². The van der Waals surface area contributed by atoms with Crippen LogP contribution >= 0.6 is 0 Å². The summed E-state index contributed by atoms with van der Waals surface area (Å²) in [5.74, 6) is 0.571. The molecule has 0 aliphatic rings. The van der Waals surface area contributed by atoms with Gasteiger partial charge in [0.25, 0.3) is 5.91 Å². The highest BCUT2D eigenvalue weighted by Gasteiger charge is 2.10. The molecule has 0 aliphatic heterocycles. The highest BCUT2D eigenvalue weighted by atomic mass is 16.3. The topological polar surface area (TPSA) is 62.6 Å². The Morgan fingerprint density at radius 2 is 1.84 bits per heavy atom. The first-order valence-electron chi connectivity index (χ1n) is 8.12. The minimum Gasteiger partial charge on any atom is -0.461 e. The molecule has 1 heterocycles. The van der Waals surface area contributed by atoms with Crippen molar-refractivity contribution in [1.29, 1.82) is 0 Å². The summed E-state index contributed by atoms with van der Waals surface area (Å²) in [4.78, 5) is 25.6. The van der Waals surface area contributed by atoms with Gasteiger partial charge in [0.2, 0.25) is 5.91 Å². The summed E-state index contributed by atoms with van der Waals surface area (Å²) in [5, 5.41) is 3.86. The summed E-state index contributed by atoms with van der Waals surface area (Å²) in [6, 6.07) is 16.7. The van der Waals surface area contributed by atoms with Crippen molar-refractivity contribution in [3.8, 4) is 0 Å². The fourth-order valence-corrected chi connectivity index (χ4v) is 2.61. The number of carbonyl (C=O) groups excluding carboxylic acids is 2. The van der Waals surface area contributed by atoms with Crippen LogP contribution in [-0.4, -0.2) is 30.8 Å². The Kier molecular flexibility index (Phi) is 4.84. The summed E-state index contributed by atoms with van der Waals surface area (Å²) >= 11 is 0. The third kappa shape index (κ3) is 4.07. The van der Waals surface area contributed by atoms with Crippen LogP contribution in [0.5, 0.6) is 0 Å². The minimum atomic E-state index is -0.116. The van der Waals surface area contributed by atoms with Gasteiger partial charge in [-0.1, -0.05) is 24.3 Å². The molecule has 0 spiro atoms. The molecule has 0 saturated carbocycles. The van der Waals surface area contributed by atoms with E-state index in [9.17, 15) is 9.59 Å². The van der Waals surface area contributed by atoms with E-state index in [1.807, 2.05) is 30.3 Å². The van der Waals surface area contributed by atoms with Gasteiger partial charge in [0.15, 0.2) is 0 Å². The lowest BCUT2D eigenvalue weighted by molar-refractivity contribution is -0.116. The normalized spacial score (nSPS) is 10.6. The van der Waals surface area contributed by atoms with Gasteiger partial charge in [0, 0.05) is 43.6 Å². The number of rotatable bonds is 5. The number of aryl methyl sites for hydroxylation is 1. The predicted molar refractivity (Wildman–Crippen MR) is 97.6 cm³/mol. The van der Waals surface area contributed by atoms with E-state index in [1.54, 1.807) is 38.4 Å². The molecule has 1 N–H and O–H groups in total. The van der Waals surface area contributed by atoms with Gasteiger partial charge >= 0.3 is 0 Å². The third-order valence-corrected chi connectivity index (χ3v) is 3.87. The Bertz CT molecular complexity index is 879. The number of benzene rings is 2. The van der Waals surface area contributed by atoms with Gasteiger partial charge in [-0.2, -0.15) is 0 Å². The number of hydrogen-bond donors (Lipinski definition) is 1. The van der Waals surface area contributed by atoms with Gasteiger partial charge in [-0.25, -0.2) is 0 Å². The van der Waals surface area contributed by atoms with Crippen LogP contribution in [0.15, 0.2) is 59.0 Å². The van der Waals surface area contributed by atoms with Crippen LogP contribution in [0.1, 0.15) is 22.5 Å². The Morgan fingerprint density at radius 1 is 1.04 bits per heavy atom. The molecule has 5 nitrogen and oxygen atoms in total. The number of nitrogens with zero attached hydrogens (tertiary/aromatic N) is 1. The average Bonchev–Trinajstić information content (AvgIpc) is 3.02. The molecular formula is C20H20N2O3. The number of fused-ring (bicyclic) bond motifs is 1. The lowest BCUT2D eigenvalue weighted by Gasteiger charge is -2.11. The molecule has 2 amide bonds. The van der Waals surface area contributed by atoms with Gasteiger partial charge in [0.1, 0.15) is 11.3 Å². The first-order valence-corrected chi connectivity index (χ1v) is 8.12. The van der Waals surface area contributed by atoms with E-state index in [-0.39, 0.29) is 11.8 Å². The molecule has 0 fully saturated rings. The second-order valence-corrected chi connectivity index (χ2v) is 6.08. The van der Waals surface area contributed by atoms with Gasteiger partial charge < -0.3 is 14.6 Å². The number of amides is 2. The molecule has 2 aromatic carbocycles. The van der Waals surface area contributed by atoms with E-state index in [2.05, 4.69) is 5.32 Å². The van der Waals surface area contributed by atoms with Crippen LogP contribution in [-0.2, 0) is 11.2 Å². The van der Waals surface area contributed by atoms with E-state index >= 15 is 0 Å². The number of furan rings is 1. The lowest BCUT2D eigenvalue weighted by atomic mass is 10.1. The molecule has 0 aliphatic carbocycles. The SMILES string of the molecule is CN(C)C(=O)c1cccc(NC(=O)CCc2cc3ccccc3o2)c1. The summed E-state index contributed by atoms with van der Waals surface area (Å²) < 4.78 is 5.72. The summed E-state index contributed by atoms with van der Waals surface area (Å²) in [7, 11) is 3.39. The minimum absolute atomic E-state index is 0.0987. The van der Waals surface area contributed by atoms with Crippen LogP contribution in [0.25, 0.3) is 11.0 Å². The Hall–Kier alpha value is -3.08. The van der Waals surface area contributed by atoms with E-state index in [1.165, 1.54) is 4.90 Å². The average molecular weight is 336 g/mol. The fourth-order valence-electron chi connectivity index (χ4n) is 2.61. The van der Waals surface area contributed by atoms with Crippen molar-refractivity contribution in [1.82, 2.24) is 4.90 Å². The monoisotopic (exact) mass is 336 g/mol. The molecule has 25 heavy (non-hydrogen) atoms. The van der Waals surface area contributed by atoms with Crippen molar-refractivity contribution < 1.29 is 14.0 Å². The van der Waals surface area contributed by atoms with Crippen molar-refractivity contribution in [2.45, 2.75) is 12.8 Å². The standard InChI is InChI=1S/C20H20N2O3/c1-22(2)20(24)15-7-5-8-16(12-15)21-19(23)11-10-17-13-14-6-3-4-9-18(14)25-17/h3-9,12-13H,10-11H2,1-2H3,(H,21,23). The number of nitrogens with one attached hydrogen (secondary N) is 1. The lowest BCUT2D eigenvalue weighted by Crippen LogP contribution is -2.22. The number of para-hydroxylation sites is 1. The number of hydrogen-bond acceptors (Lipinski definition) is 3. The number of anilines is 1. The second kappa shape index (κ2) is 7.21. The third-order valence-electron chi connectivity index (χ3n) is 3.87. The maximum Gasteiger partial charge on any atom is 0.253 e. The molecule has 3 aromatic rings. The van der Waals surface area contributed by atoms with Crippen LogP contribution in [0.4, 0.5) is 5.69 Å². The van der Waals surface area contributed by atoms with Crippen molar-refractivity contribution >= 4 is 28.5 Å². The zero-order valence-electron chi connectivity index (χ0n) is 14.3. The van der Waals surface area contributed by atoms with Gasteiger partial charge in [-0.15, -0.1) is 0 Å². The first kappa shape index (κ1) is 16.8. The Balaban J connectivity index is 1.61. The summed E-state index contributed by atoms with van der Waals surface area (Å²) in [6.45, 7) is 0. The van der Waals surface area contributed by atoms with Crippen molar-refractivity contribution in [3.05, 3.63) is 65.9 Å². The number of carbonyl (C=O) groups is 2. The quantitative estimate of drug-likeness (QED) is 0.772. The zero-order valence-corrected chi connectivity index (χ0v) is 14.3. The molecule has 0 bridgehead atoms. The van der Waals surface area contributed by atoms with Crippen molar-refractivity contribution in [2.24, 2.45) is 0 Å². The molecule has 3 rings (SSSR count). The summed E-state index contributed by atoms with van der Waals surface area (Å²) in [6.07, 6.45) is 0.836. The van der Waals surface area contributed by atoms with Gasteiger partial charge in [0.05, 0.1) is 0 Å². The molecular weight excluding hydrogens is 316 g/mol. The highest BCUT2D eigenvalue weighted by Crippen LogP contribution is 2.20. The maximum atomic E-state index is 12.2. The van der Waals surface area contributed by atoms with Crippen LogP contribution in [0.2, 0.25) is 0 Å². The highest BCUT2D eigenvalue weighted by molar-refractivity contribution is 5.97. The molecule has 0 radical (unpaired) electrons. The fraction of sp³-hybridized carbons (Fsp3) is 0.200. The van der Waals surface area contributed by atoms with Crippen LogP contribution in [0, 0.1) is 0 Å². The van der Waals surface area contributed by atoms with Crippen LogP contribution in [0.3, 0.4) is 0 Å². The molecule has 0 atom stereocenters. The van der Waals surface area contributed by atoms with E-state index in [0.29, 0.717) is 24.1 Å². The molecule has 0 unspecified atom stereocenters. The van der Waals surface area contributed by atoms with Crippen LogP contribution < -0.4 is 5.32 Å². The second-order valence-electron chi connectivity index (χ2n) is 6.08. The Labute approximate surface area is 146 Å².